The molecule has 0 bridgehead atoms. The average molecular weight is 362 g/mol. The van der Waals surface area contributed by atoms with Gasteiger partial charge in [0.1, 0.15) is 5.52 Å². The van der Waals surface area contributed by atoms with Gasteiger partial charge in [-0.1, -0.05) is 35.2 Å². The maximum Gasteiger partial charge on any atom is 0.324 e. The first-order valence-electron chi connectivity index (χ1n) is 6.66. The van der Waals surface area contributed by atoms with Crippen LogP contribution in [0.25, 0.3) is 11.1 Å². The van der Waals surface area contributed by atoms with Crippen molar-refractivity contribution >= 4 is 51.3 Å². The minimum Gasteiger partial charge on any atom is -0.431 e. The second-order valence-electron chi connectivity index (χ2n) is 4.46. The Morgan fingerprint density at radius 2 is 2.25 bits per heavy atom. The molecule has 0 fully saturated rings. The van der Waals surface area contributed by atoms with Gasteiger partial charge in [0, 0.05) is 6.07 Å². The predicted octanol–water partition coefficient (Wildman–Crippen LogP) is 3.04. The number of nitro groups is 1. The van der Waals surface area contributed by atoms with Crippen LogP contribution >= 0.6 is 23.1 Å². The number of nitrogens with one attached hydrogen (secondary N) is 1. The molecule has 0 atom stereocenters. The van der Waals surface area contributed by atoms with Crippen LogP contribution in [0.5, 0.6) is 0 Å². The van der Waals surface area contributed by atoms with Gasteiger partial charge in [-0.3, -0.25) is 14.9 Å². The fourth-order valence-corrected chi connectivity index (χ4v) is 3.07. The molecule has 0 aliphatic heterocycles. The maximum absolute atomic E-state index is 11.7. The van der Waals surface area contributed by atoms with Crippen molar-refractivity contribution in [3.63, 3.8) is 0 Å². The summed E-state index contributed by atoms with van der Waals surface area (Å²) in [7, 11) is 0. The molecule has 0 saturated carbocycles. The number of hydrogen-bond acceptors (Lipinski definition) is 8. The average Bonchev–Trinajstić information content (AvgIpc) is 3.19. The van der Waals surface area contributed by atoms with Crippen molar-refractivity contribution < 1.29 is 14.1 Å². The van der Waals surface area contributed by atoms with Gasteiger partial charge >= 0.3 is 5.00 Å². The number of nitrogens with zero attached hydrogens (tertiary/aromatic N) is 3. The Kier molecular flexibility index (Phi) is 4.87. The van der Waals surface area contributed by atoms with Crippen LogP contribution in [0.4, 0.5) is 5.00 Å². The number of amides is 1. The van der Waals surface area contributed by atoms with E-state index < -0.39 is 4.92 Å². The largest absolute Gasteiger partial charge is 0.431 e. The minimum absolute atomic E-state index is 0.0225. The highest BCUT2D eigenvalue weighted by atomic mass is 32.2. The lowest BCUT2D eigenvalue weighted by atomic mass is 10.3. The van der Waals surface area contributed by atoms with Gasteiger partial charge in [-0.25, -0.2) is 10.4 Å². The number of carbonyl (C=O) groups is 1. The Hall–Kier alpha value is -2.72. The van der Waals surface area contributed by atoms with E-state index in [9.17, 15) is 14.9 Å². The van der Waals surface area contributed by atoms with Crippen LogP contribution in [0.1, 0.15) is 4.88 Å². The number of thiophene rings is 1. The minimum atomic E-state index is -0.475. The topological polar surface area (TPSA) is 111 Å². The van der Waals surface area contributed by atoms with E-state index in [1.165, 1.54) is 12.3 Å². The first kappa shape index (κ1) is 16.1. The lowest BCUT2D eigenvalue weighted by Gasteiger charge is -1.96. The number of benzene rings is 1. The second kappa shape index (κ2) is 7.23. The standard InChI is InChI=1S/C14H10N4O4S2/c19-12(17-15-7-9-5-6-13(24-9)18(20)21)8-23-14-16-10-3-1-2-4-11(10)22-14/h1-7H,8H2,(H,17,19). The lowest BCUT2D eigenvalue weighted by Crippen LogP contribution is -2.19. The summed E-state index contributed by atoms with van der Waals surface area (Å²) in [6, 6.07) is 10.3. The Bertz CT molecular complexity index is 885. The summed E-state index contributed by atoms with van der Waals surface area (Å²) >= 11 is 2.13. The predicted molar refractivity (Wildman–Crippen MR) is 91.4 cm³/mol. The van der Waals surface area contributed by atoms with E-state index in [2.05, 4.69) is 15.5 Å². The quantitative estimate of drug-likeness (QED) is 0.312. The third kappa shape index (κ3) is 3.97. The van der Waals surface area contributed by atoms with Crippen molar-refractivity contribution in [2.24, 2.45) is 5.10 Å². The van der Waals surface area contributed by atoms with Gasteiger partial charge in [-0.2, -0.15) is 5.10 Å². The molecule has 1 N–H and O–H groups in total. The van der Waals surface area contributed by atoms with Gasteiger partial charge in [-0.05, 0) is 18.2 Å². The molecule has 10 heteroatoms. The molecule has 2 aromatic heterocycles. The Morgan fingerprint density at radius 1 is 1.42 bits per heavy atom. The van der Waals surface area contributed by atoms with Crippen molar-refractivity contribution in [3.05, 3.63) is 51.4 Å². The van der Waals surface area contributed by atoms with Gasteiger partial charge in [0.2, 0.25) is 0 Å². The van der Waals surface area contributed by atoms with E-state index in [0.29, 0.717) is 15.7 Å². The highest BCUT2D eigenvalue weighted by Gasteiger charge is 2.09. The van der Waals surface area contributed by atoms with Crippen molar-refractivity contribution in [2.75, 3.05) is 5.75 Å². The van der Waals surface area contributed by atoms with Crippen molar-refractivity contribution in [1.82, 2.24) is 10.4 Å². The number of hydrogen-bond donors (Lipinski definition) is 1. The number of carbonyl (C=O) groups excluding carboxylic acids is 1. The van der Waals surface area contributed by atoms with Crippen LogP contribution < -0.4 is 5.43 Å². The Labute approximate surface area is 143 Å². The summed E-state index contributed by atoms with van der Waals surface area (Å²) in [5, 5.41) is 14.8. The third-order valence-electron chi connectivity index (χ3n) is 2.77. The molecule has 0 spiro atoms. The number of para-hydroxylation sites is 2. The summed E-state index contributed by atoms with van der Waals surface area (Å²) < 4.78 is 5.49. The molecule has 0 aliphatic rings. The van der Waals surface area contributed by atoms with E-state index in [0.717, 1.165) is 28.6 Å². The van der Waals surface area contributed by atoms with Crippen LogP contribution in [0.15, 0.2) is 51.1 Å². The highest BCUT2D eigenvalue weighted by Crippen LogP contribution is 2.23. The first-order valence-corrected chi connectivity index (χ1v) is 8.46. The smallest absolute Gasteiger partial charge is 0.324 e. The second-order valence-corrected chi connectivity index (χ2v) is 6.48. The molecule has 0 saturated heterocycles. The summed E-state index contributed by atoms with van der Waals surface area (Å²) in [4.78, 5) is 26.6. The van der Waals surface area contributed by atoms with Gasteiger partial charge in [-0.15, -0.1) is 0 Å². The maximum atomic E-state index is 11.7. The van der Waals surface area contributed by atoms with Crippen LogP contribution in [0, 0.1) is 10.1 Å². The van der Waals surface area contributed by atoms with Crippen molar-refractivity contribution in [1.29, 1.82) is 0 Å². The lowest BCUT2D eigenvalue weighted by molar-refractivity contribution is -0.380. The van der Waals surface area contributed by atoms with Gasteiger partial charge < -0.3 is 4.42 Å². The van der Waals surface area contributed by atoms with Gasteiger partial charge in [0.05, 0.1) is 21.8 Å². The molecule has 0 aliphatic carbocycles. The molecule has 3 aromatic rings. The van der Waals surface area contributed by atoms with E-state index in [-0.39, 0.29) is 16.7 Å². The van der Waals surface area contributed by atoms with E-state index in [1.54, 1.807) is 12.1 Å². The van der Waals surface area contributed by atoms with Crippen molar-refractivity contribution in [3.8, 4) is 0 Å². The molecule has 1 amide bonds. The molecule has 122 valence electrons. The fourth-order valence-electron chi connectivity index (χ4n) is 1.75. The molecular weight excluding hydrogens is 352 g/mol. The first-order chi connectivity index (χ1) is 11.6. The number of thioether (sulfide) groups is 1. The Morgan fingerprint density at radius 3 is 3.00 bits per heavy atom. The van der Waals surface area contributed by atoms with E-state index >= 15 is 0 Å². The van der Waals surface area contributed by atoms with E-state index in [1.807, 2.05) is 18.2 Å². The number of oxazole rings is 1. The molecule has 3 rings (SSSR count). The molecule has 2 heterocycles. The fraction of sp³-hybridized carbons (Fsp3) is 0.0714. The Balaban J connectivity index is 1.50. The number of hydrazone groups is 1. The van der Waals surface area contributed by atoms with Gasteiger partial charge in [0.15, 0.2) is 5.58 Å². The summed E-state index contributed by atoms with van der Waals surface area (Å²) in [5.74, 6) is -0.237. The molecule has 24 heavy (non-hydrogen) atoms. The molecule has 1 aromatic carbocycles. The van der Waals surface area contributed by atoms with Gasteiger partial charge in [0.25, 0.3) is 11.1 Å². The number of fused-ring (bicyclic) bond motifs is 1. The normalized spacial score (nSPS) is 11.2. The zero-order valence-corrected chi connectivity index (χ0v) is 13.7. The number of rotatable bonds is 6. The van der Waals surface area contributed by atoms with Crippen LogP contribution in [0.2, 0.25) is 0 Å². The number of aromatic nitrogens is 1. The summed E-state index contributed by atoms with van der Waals surface area (Å²) in [6.07, 6.45) is 1.36. The summed E-state index contributed by atoms with van der Waals surface area (Å²) in [6.45, 7) is 0. The monoisotopic (exact) mass is 362 g/mol. The molecule has 0 radical (unpaired) electrons. The summed E-state index contributed by atoms with van der Waals surface area (Å²) in [5.41, 5.74) is 3.75. The van der Waals surface area contributed by atoms with Crippen LogP contribution in [-0.2, 0) is 4.79 Å². The van der Waals surface area contributed by atoms with Crippen LogP contribution in [0.3, 0.4) is 0 Å². The van der Waals surface area contributed by atoms with Crippen LogP contribution in [-0.4, -0.2) is 27.8 Å². The highest BCUT2D eigenvalue weighted by molar-refractivity contribution is 7.99. The SMILES string of the molecule is O=C(CSc1nc2ccccc2o1)NN=Cc1ccc([N+](=O)[O-])s1. The molecule has 8 nitrogen and oxygen atoms in total. The van der Waals surface area contributed by atoms with E-state index in [4.69, 9.17) is 4.42 Å². The van der Waals surface area contributed by atoms with Crippen molar-refractivity contribution in [2.45, 2.75) is 5.22 Å². The molecular formula is C14H10N4O4S2. The molecule has 0 unspecified atom stereocenters. The zero-order chi connectivity index (χ0) is 16.9. The third-order valence-corrected chi connectivity index (χ3v) is 4.57. The zero-order valence-electron chi connectivity index (χ0n) is 12.0.